The van der Waals surface area contributed by atoms with Crippen LogP contribution >= 0.6 is 0 Å². The summed E-state index contributed by atoms with van der Waals surface area (Å²) in [6, 6.07) is 18.5. The number of methoxy groups -OCH3 is 1. The highest BCUT2D eigenvalue weighted by atomic mass is 16.5. The molecule has 1 heterocycles. The summed E-state index contributed by atoms with van der Waals surface area (Å²) in [6.07, 6.45) is -0.00624. The summed E-state index contributed by atoms with van der Waals surface area (Å²) in [5.74, 6) is -0.304. The van der Waals surface area contributed by atoms with E-state index in [1.807, 2.05) is 44.3 Å². The van der Waals surface area contributed by atoms with Gasteiger partial charge in [-0.1, -0.05) is 36.4 Å². The van der Waals surface area contributed by atoms with Crippen molar-refractivity contribution in [3.63, 3.8) is 0 Å². The molecule has 0 radical (unpaired) electrons. The molecule has 37 heavy (non-hydrogen) atoms. The van der Waals surface area contributed by atoms with Gasteiger partial charge in [-0.3, -0.25) is 9.69 Å². The zero-order valence-corrected chi connectivity index (χ0v) is 22.1. The fraction of sp³-hybridized carbons (Fsp3) is 0.367. The van der Waals surface area contributed by atoms with Crippen LogP contribution in [0.2, 0.25) is 0 Å². The number of carbonyl (C=O) groups is 1. The number of rotatable bonds is 9. The number of aliphatic carboxylic acids is 1. The third-order valence-electron chi connectivity index (χ3n) is 7.47. The Balaban J connectivity index is 1.67. The molecule has 4 rings (SSSR count). The van der Waals surface area contributed by atoms with Gasteiger partial charge in [-0.25, -0.2) is 0 Å². The standard InChI is InChI=1S/C30H37N3O4/c1-19-5-6-22(26(16-29(34)35)25-11-12-27(32-3)30(31)20(25)2)15-23(19)17-33-13-14-37-18-28(33)21-7-9-24(36-4)10-8-21/h5-12,15,26,28,32H,13-14,16-18,31H2,1-4H3,(H,34,35). The zero-order chi connectivity index (χ0) is 26.5. The maximum Gasteiger partial charge on any atom is 0.304 e. The maximum atomic E-state index is 11.9. The van der Waals surface area contributed by atoms with E-state index in [0.717, 1.165) is 41.2 Å². The van der Waals surface area contributed by atoms with E-state index in [1.165, 1.54) is 16.7 Å². The summed E-state index contributed by atoms with van der Waals surface area (Å²) < 4.78 is 11.2. The molecule has 4 N–H and O–H groups in total. The Morgan fingerprint density at radius 2 is 1.95 bits per heavy atom. The lowest BCUT2D eigenvalue weighted by atomic mass is 9.84. The second-order valence-corrected chi connectivity index (χ2v) is 9.66. The molecule has 0 amide bonds. The second-order valence-electron chi connectivity index (χ2n) is 9.66. The van der Waals surface area contributed by atoms with Crippen molar-refractivity contribution in [2.75, 3.05) is 45.0 Å². The fourth-order valence-electron chi connectivity index (χ4n) is 5.18. The average Bonchev–Trinajstić information content (AvgIpc) is 2.90. The van der Waals surface area contributed by atoms with Crippen LogP contribution in [-0.4, -0.2) is 49.9 Å². The highest BCUT2D eigenvalue weighted by molar-refractivity contribution is 5.74. The smallest absolute Gasteiger partial charge is 0.304 e. The van der Waals surface area contributed by atoms with E-state index in [0.29, 0.717) is 18.9 Å². The third-order valence-corrected chi connectivity index (χ3v) is 7.47. The van der Waals surface area contributed by atoms with Crippen LogP contribution in [0, 0.1) is 13.8 Å². The first kappa shape index (κ1) is 26.5. The Morgan fingerprint density at radius 3 is 2.62 bits per heavy atom. The van der Waals surface area contributed by atoms with E-state index >= 15 is 0 Å². The summed E-state index contributed by atoms with van der Waals surface area (Å²) in [5.41, 5.74) is 14.3. The predicted octanol–water partition coefficient (Wildman–Crippen LogP) is 5.12. The molecule has 1 fully saturated rings. The molecule has 0 bridgehead atoms. The first-order valence-electron chi connectivity index (χ1n) is 12.7. The van der Waals surface area contributed by atoms with Crippen molar-refractivity contribution in [2.24, 2.45) is 0 Å². The minimum Gasteiger partial charge on any atom is -0.497 e. The normalized spacial score (nSPS) is 16.8. The van der Waals surface area contributed by atoms with Gasteiger partial charge in [0.05, 0.1) is 44.2 Å². The summed E-state index contributed by atoms with van der Waals surface area (Å²) in [6.45, 7) is 6.95. The summed E-state index contributed by atoms with van der Waals surface area (Å²) in [4.78, 5) is 14.4. The number of morpholine rings is 1. The molecule has 3 aromatic rings. The summed E-state index contributed by atoms with van der Waals surface area (Å²) in [5, 5.41) is 12.9. The Kier molecular flexibility index (Phi) is 8.36. The fourth-order valence-corrected chi connectivity index (χ4v) is 5.18. The molecule has 2 atom stereocenters. The van der Waals surface area contributed by atoms with Crippen molar-refractivity contribution in [1.82, 2.24) is 4.90 Å². The van der Waals surface area contributed by atoms with Crippen LogP contribution in [-0.2, 0) is 16.1 Å². The lowest BCUT2D eigenvalue weighted by Gasteiger charge is -2.36. The van der Waals surface area contributed by atoms with E-state index in [-0.39, 0.29) is 18.4 Å². The number of hydrogen-bond acceptors (Lipinski definition) is 6. The van der Waals surface area contributed by atoms with E-state index < -0.39 is 5.97 Å². The number of nitrogens with two attached hydrogens (primary N) is 1. The number of carboxylic acids is 1. The number of nitrogens with one attached hydrogen (secondary N) is 1. The Morgan fingerprint density at radius 1 is 1.19 bits per heavy atom. The van der Waals surface area contributed by atoms with Gasteiger partial charge in [0.15, 0.2) is 0 Å². The van der Waals surface area contributed by atoms with Crippen LogP contribution in [0.25, 0.3) is 0 Å². The van der Waals surface area contributed by atoms with Gasteiger partial charge in [0.25, 0.3) is 0 Å². The van der Waals surface area contributed by atoms with E-state index in [4.69, 9.17) is 15.2 Å². The maximum absolute atomic E-state index is 11.9. The molecule has 0 saturated carbocycles. The second kappa shape index (κ2) is 11.7. The number of ether oxygens (including phenoxy) is 2. The van der Waals surface area contributed by atoms with Gasteiger partial charge in [-0.2, -0.15) is 0 Å². The van der Waals surface area contributed by atoms with Gasteiger partial charge in [-0.15, -0.1) is 0 Å². The zero-order valence-electron chi connectivity index (χ0n) is 22.1. The summed E-state index contributed by atoms with van der Waals surface area (Å²) >= 11 is 0. The minimum atomic E-state index is -0.837. The van der Waals surface area contributed by atoms with Crippen molar-refractivity contribution in [3.8, 4) is 5.75 Å². The molecule has 0 aliphatic carbocycles. The number of nitrogens with zero attached hydrogens (tertiary/aromatic N) is 1. The molecule has 2 unspecified atom stereocenters. The topological polar surface area (TPSA) is 97.0 Å². The third kappa shape index (κ3) is 5.89. The van der Waals surface area contributed by atoms with Crippen LogP contribution < -0.4 is 15.8 Å². The average molecular weight is 504 g/mol. The first-order chi connectivity index (χ1) is 17.8. The van der Waals surface area contributed by atoms with Crippen molar-refractivity contribution in [2.45, 2.75) is 38.8 Å². The largest absolute Gasteiger partial charge is 0.497 e. The molecule has 1 aliphatic heterocycles. The summed E-state index contributed by atoms with van der Waals surface area (Å²) in [7, 11) is 3.50. The van der Waals surface area contributed by atoms with Crippen LogP contribution in [0.3, 0.4) is 0 Å². The lowest BCUT2D eigenvalue weighted by molar-refractivity contribution is -0.137. The number of hydrogen-bond donors (Lipinski definition) is 3. The quantitative estimate of drug-likeness (QED) is 0.349. The first-order valence-corrected chi connectivity index (χ1v) is 12.7. The van der Waals surface area contributed by atoms with Crippen LogP contribution in [0.4, 0.5) is 11.4 Å². The van der Waals surface area contributed by atoms with E-state index in [9.17, 15) is 9.90 Å². The van der Waals surface area contributed by atoms with Gasteiger partial charge < -0.3 is 25.6 Å². The SMILES string of the molecule is CNc1ccc(C(CC(=O)O)c2ccc(C)c(CN3CCOCC3c3ccc(OC)cc3)c2)c(C)c1N. The number of nitrogen functional groups attached to an aromatic ring is 1. The molecule has 1 saturated heterocycles. The highest BCUT2D eigenvalue weighted by Crippen LogP contribution is 2.37. The molecule has 0 spiro atoms. The highest BCUT2D eigenvalue weighted by Gasteiger charge is 2.27. The molecule has 7 heteroatoms. The lowest BCUT2D eigenvalue weighted by Crippen LogP contribution is -2.39. The number of benzene rings is 3. The van der Waals surface area contributed by atoms with Gasteiger partial charge >= 0.3 is 5.97 Å². The van der Waals surface area contributed by atoms with Crippen molar-refractivity contribution < 1.29 is 19.4 Å². The number of aryl methyl sites for hydroxylation is 1. The number of anilines is 2. The van der Waals surface area contributed by atoms with Gasteiger partial charge in [-0.05, 0) is 65.4 Å². The monoisotopic (exact) mass is 503 g/mol. The number of carboxylic acid groups (broad SMARTS) is 1. The molecule has 3 aromatic carbocycles. The van der Waals surface area contributed by atoms with E-state index in [1.54, 1.807) is 7.11 Å². The van der Waals surface area contributed by atoms with Crippen molar-refractivity contribution >= 4 is 17.3 Å². The molecular formula is C30H37N3O4. The van der Waals surface area contributed by atoms with E-state index in [2.05, 4.69) is 41.4 Å². The van der Waals surface area contributed by atoms with Crippen molar-refractivity contribution in [3.05, 3.63) is 88.0 Å². The Labute approximate surface area is 219 Å². The Hall–Kier alpha value is -3.55. The van der Waals surface area contributed by atoms with Crippen molar-refractivity contribution in [1.29, 1.82) is 0 Å². The Bertz CT molecular complexity index is 1240. The molecule has 196 valence electrons. The van der Waals surface area contributed by atoms with Crippen LogP contribution in [0.1, 0.15) is 51.8 Å². The predicted molar refractivity (Wildman–Crippen MR) is 147 cm³/mol. The minimum absolute atomic E-state index is 0.00624. The van der Waals surface area contributed by atoms with Gasteiger partial charge in [0.1, 0.15) is 5.75 Å². The molecule has 0 aromatic heterocycles. The van der Waals surface area contributed by atoms with Crippen LogP contribution in [0.5, 0.6) is 5.75 Å². The molecular weight excluding hydrogens is 466 g/mol. The van der Waals surface area contributed by atoms with Gasteiger partial charge in [0, 0.05) is 26.1 Å². The molecule has 7 nitrogen and oxygen atoms in total. The molecule has 1 aliphatic rings. The van der Waals surface area contributed by atoms with Gasteiger partial charge in [0.2, 0.25) is 0 Å². The van der Waals surface area contributed by atoms with Crippen LogP contribution in [0.15, 0.2) is 54.6 Å².